The van der Waals surface area contributed by atoms with Crippen LogP contribution < -0.4 is 5.73 Å². The highest BCUT2D eigenvalue weighted by Crippen LogP contribution is 2.09. The van der Waals surface area contributed by atoms with E-state index in [2.05, 4.69) is 13.8 Å². The summed E-state index contributed by atoms with van der Waals surface area (Å²) in [6.45, 7) is 5.72. The van der Waals surface area contributed by atoms with E-state index in [1.165, 1.54) is 6.92 Å². The predicted molar refractivity (Wildman–Crippen MR) is 46.3 cm³/mol. The Bertz CT molecular complexity index is 114. The third-order valence-electron chi connectivity index (χ3n) is 1.13. The van der Waals surface area contributed by atoms with Crippen LogP contribution in [-0.2, 0) is 4.79 Å². The third kappa shape index (κ3) is 4.82. The Kier molecular flexibility index (Phi) is 4.73. The van der Waals surface area contributed by atoms with Crippen LogP contribution in [0.2, 0.25) is 0 Å². The molecule has 0 aromatic carbocycles. The number of hydrogen-bond donors (Lipinski definition) is 1. The van der Waals surface area contributed by atoms with E-state index in [1.807, 2.05) is 0 Å². The zero-order valence-corrected chi connectivity index (χ0v) is 7.57. The third-order valence-corrected chi connectivity index (χ3v) is 2.35. The van der Waals surface area contributed by atoms with E-state index in [-0.39, 0.29) is 11.8 Å². The van der Waals surface area contributed by atoms with Crippen molar-refractivity contribution in [1.82, 2.24) is 0 Å². The lowest BCUT2D eigenvalue weighted by Gasteiger charge is -2.08. The van der Waals surface area contributed by atoms with Crippen molar-refractivity contribution in [3.8, 4) is 0 Å². The molecule has 0 aromatic rings. The van der Waals surface area contributed by atoms with E-state index in [0.29, 0.717) is 5.25 Å². The zero-order chi connectivity index (χ0) is 8.15. The topological polar surface area (TPSA) is 43.1 Å². The van der Waals surface area contributed by atoms with E-state index in [4.69, 9.17) is 5.73 Å². The van der Waals surface area contributed by atoms with E-state index in [9.17, 15) is 4.79 Å². The molecule has 3 heteroatoms. The molecule has 0 saturated carbocycles. The minimum absolute atomic E-state index is 0.0770. The molecule has 1 atom stereocenters. The van der Waals surface area contributed by atoms with Crippen LogP contribution in [0.4, 0.5) is 0 Å². The Labute approximate surface area is 66.6 Å². The number of nitrogens with two attached hydrogens (primary N) is 1. The standard InChI is InChI=1S/C7H15NOS/c1-5(2)10-4-7(8)6(3)9/h5,7H,4,8H2,1-3H3/t7-/m0/s1. The molecule has 0 aliphatic heterocycles. The maximum Gasteiger partial charge on any atom is 0.147 e. The lowest BCUT2D eigenvalue weighted by atomic mass is 10.3. The fourth-order valence-electron chi connectivity index (χ4n) is 0.413. The minimum atomic E-state index is -0.271. The van der Waals surface area contributed by atoms with Crippen LogP contribution in [-0.4, -0.2) is 22.8 Å². The summed E-state index contributed by atoms with van der Waals surface area (Å²) in [5.74, 6) is 0.820. The van der Waals surface area contributed by atoms with Crippen LogP contribution in [0.1, 0.15) is 20.8 Å². The van der Waals surface area contributed by atoms with Crippen molar-refractivity contribution in [1.29, 1.82) is 0 Å². The number of Topliss-reactive ketones (excluding diaryl/α,β-unsaturated/α-hetero) is 1. The molecule has 0 heterocycles. The van der Waals surface area contributed by atoms with Gasteiger partial charge in [0.25, 0.3) is 0 Å². The molecule has 2 nitrogen and oxygen atoms in total. The van der Waals surface area contributed by atoms with Gasteiger partial charge in [-0.25, -0.2) is 0 Å². The van der Waals surface area contributed by atoms with Gasteiger partial charge in [0.1, 0.15) is 5.78 Å². The van der Waals surface area contributed by atoms with Crippen LogP contribution in [0, 0.1) is 0 Å². The molecular formula is C7H15NOS. The summed E-state index contributed by atoms with van der Waals surface area (Å²) in [5, 5.41) is 0.561. The fourth-order valence-corrected chi connectivity index (χ4v) is 1.24. The molecule has 0 aliphatic rings. The summed E-state index contributed by atoms with van der Waals surface area (Å²) >= 11 is 1.72. The number of hydrogen-bond acceptors (Lipinski definition) is 3. The smallest absolute Gasteiger partial charge is 0.147 e. The van der Waals surface area contributed by atoms with Crippen molar-refractivity contribution in [3.05, 3.63) is 0 Å². The van der Waals surface area contributed by atoms with Crippen LogP contribution in [0.25, 0.3) is 0 Å². The summed E-state index contributed by atoms with van der Waals surface area (Å²) in [5.41, 5.74) is 5.49. The van der Waals surface area contributed by atoms with Crippen molar-refractivity contribution in [2.75, 3.05) is 5.75 Å². The average molecular weight is 161 g/mol. The zero-order valence-electron chi connectivity index (χ0n) is 6.76. The van der Waals surface area contributed by atoms with Crippen LogP contribution in [0.15, 0.2) is 0 Å². The van der Waals surface area contributed by atoms with Gasteiger partial charge in [0.2, 0.25) is 0 Å². The summed E-state index contributed by atoms with van der Waals surface area (Å²) in [6.07, 6.45) is 0. The Balaban J connectivity index is 3.40. The Morgan fingerprint density at radius 3 is 2.40 bits per heavy atom. The summed E-state index contributed by atoms with van der Waals surface area (Å²) < 4.78 is 0. The number of rotatable bonds is 4. The first-order chi connectivity index (χ1) is 4.54. The lowest BCUT2D eigenvalue weighted by molar-refractivity contribution is -0.117. The van der Waals surface area contributed by atoms with Gasteiger partial charge in [0.15, 0.2) is 0 Å². The van der Waals surface area contributed by atoms with Gasteiger partial charge in [0, 0.05) is 5.75 Å². The van der Waals surface area contributed by atoms with Gasteiger partial charge in [-0.1, -0.05) is 13.8 Å². The van der Waals surface area contributed by atoms with Crippen molar-refractivity contribution >= 4 is 17.5 Å². The van der Waals surface area contributed by atoms with Gasteiger partial charge < -0.3 is 5.73 Å². The second-order valence-electron chi connectivity index (χ2n) is 2.60. The number of ketones is 1. The molecular weight excluding hydrogens is 146 g/mol. The highest BCUT2D eigenvalue weighted by molar-refractivity contribution is 7.99. The highest BCUT2D eigenvalue weighted by atomic mass is 32.2. The molecule has 2 N–H and O–H groups in total. The molecule has 0 spiro atoms. The van der Waals surface area contributed by atoms with Gasteiger partial charge >= 0.3 is 0 Å². The van der Waals surface area contributed by atoms with Crippen molar-refractivity contribution in [3.63, 3.8) is 0 Å². The van der Waals surface area contributed by atoms with Crippen molar-refractivity contribution in [2.45, 2.75) is 32.1 Å². The minimum Gasteiger partial charge on any atom is -0.321 e. The first kappa shape index (κ1) is 9.98. The fraction of sp³-hybridized carbons (Fsp3) is 0.857. The Hall–Kier alpha value is -0.0200. The molecule has 0 unspecified atom stereocenters. The maximum atomic E-state index is 10.6. The summed E-state index contributed by atoms with van der Waals surface area (Å²) in [4.78, 5) is 10.6. The van der Waals surface area contributed by atoms with Crippen LogP contribution in [0.3, 0.4) is 0 Å². The summed E-state index contributed by atoms with van der Waals surface area (Å²) in [6, 6.07) is -0.271. The first-order valence-corrected chi connectivity index (χ1v) is 4.46. The van der Waals surface area contributed by atoms with Gasteiger partial charge in [-0.3, -0.25) is 4.79 Å². The molecule has 10 heavy (non-hydrogen) atoms. The van der Waals surface area contributed by atoms with Crippen molar-refractivity contribution < 1.29 is 4.79 Å². The highest BCUT2D eigenvalue weighted by Gasteiger charge is 2.07. The largest absolute Gasteiger partial charge is 0.321 e. The molecule has 0 aliphatic carbocycles. The molecule has 0 radical (unpaired) electrons. The van der Waals surface area contributed by atoms with Crippen molar-refractivity contribution in [2.24, 2.45) is 5.73 Å². The monoisotopic (exact) mass is 161 g/mol. The quantitative estimate of drug-likeness (QED) is 0.670. The molecule has 0 rings (SSSR count). The first-order valence-electron chi connectivity index (χ1n) is 3.41. The lowest BCUT2D eigenvalue weighted by Crippen LogP contribution is -2.31. The Morgan fingerprint density at radius 2 is 2.10 bits per heavy atom. The van der Waals surface area contributed by atoms with Gasteiger partial charge in [-0.2, -0.15) is 11.8 Å². The molecule has 60 valence electrons. The van der Waals surface area contributed by atoms with Crippen LogP contribution >= 0.6 is 11.8 Å². The van der Waals surface area contributed by atoms with Gasteiger partial charge in [0.05, 0.1) is 6.04 Å². The number of thioether (sulfide) groups is 1. The number of carbonyl (C=O) groups is 1. The molecule has 0 amide bonds. The van der Waals surface area contributed by atoms with Gasteiger partial charge in [-0.05, 0) is 12.2 Å². The second-order valence-corrected chi connectivity index (χ2v) is 4.21. The molecule has 0 fully saturated rings. The molecule has 0 aromatic heterocycles. The SMILES string of the molecule is CC(=O)[C@@H](N)CSC(C)C. The molecule has 0 saturated heterocycles. The van der Waals surface area contributed by atoms with Gasteiger partial charge in [-0.15, -0.1) is 0 Å². The van der Waals surface area contributed by atoms with E-state index in [0.717, 1.165) is 5.75 Å². The van der Waals surface area contributed by atoms with E-state index >= 15 is 0 Å². The second kappa shape index (κ2) is 4.74. The van der Waals surface area contributed by atoms with E-state index < -0.39 is 0 Å². The normalized spacial score (nSPS) is 13.7. The van der Waals surface area contributed by atoms with E-state index in [1.54, 1.807) is 11.8 Å². The van der Waals surface area contributed by atoms with Crippen LogP contribution in [0.5, 0.6) is 0 Å². The Morgan fingerprint density at radius 1 is 1.60 bits per heavy atom. The average Bonchev–Trinajstić information content (AvgIpc) is 1.82. The maximum absolute atomic E-state index is 10.6. The predicted octanol–water partition coefficient (Wildman–Crippen LogP) is 1.04. The molecule has 0 bridgehead atoms. The number of carbonyl (C=O) groups excluding carboxylic acids is 1. The summed E-state index contributed by atoms with van der Waals surface area (Å²) in [7, 11) is 0.